The molecule has 0 saturated heterocycles. The van der Waals surface area contributed by atoms with E-state index < -0.39 is 0 Å². The number of aromatic nitrogens is 1. The third-order valence-corrected chi connectivity index (χ3v) is 5.03. The van der Waals surface area contributed by atoms with Gasteiger partial charge in [0.1, 0.15) is 0 Å². The third kappa shape index (κ3) is 3.90. The van der Waals surface area contributed by atoms with Crippen LogP contribution in [0, 0.1) is 0 Å². The van der Waals surface area contributed by atoms with Crippen molar-refractivity contribution >= 4 is 34.0 Å². The van der Waals surface area contributed by atoms with Gasteiger partial charge >= 0.3 is 0 Å². The van der Waals surface area contributed by atoms with Gasteiger partial charge in [0.2, 0.25) is 11.8 Å². The summed E-state index contributed by atoms with van der Waals surface area (Å²) in [6.45, 7) is 4.75. The number of nitrogens with one attached hydrogen (secondary N) is 1. The minimum atomic E-state index is -0.00584. The van der Waals surface area contributed by atoms with E-state index >= 15 is 0 Å². The summed E-state index contributed by atoms with van der Waals surface area (Å²) in [4.78, 5) is 30.4. The summed E-state index contributed by atoms with van der Waals surface area (Å²) in [5.41, 5.74) is 4.01. The van der Waals surface area contributed by atoms with Gasteiger partial charge in [-0.3, -0.25) is 9.59 Å². The van der Waals surface area contributed by atoms with Crippen molar-refractivity contribution in [1.82, 2.24) is 4.98 Å². The number of thiazole rings is 1. The second-order valence-corrected chi connectivity index (χ2v) is 7.08. The second-order valence-electron chi connectivity index (χ2n) is 6.22. The zero-order chi connectivity index (χ0) is 17.8. The van der Waals surface area contributed by atoms with Crippen LogP contribution in [0.15, 0.2) is 23.6 Å². The average molecular weight is 357 g/mol. The molecule has 1 aliphatic rings. The minimum Gasteiger partial charge on any atom is -0.312 e. The molecule has 6 heteroatoms. The lowest BCUT2D eigenvalue weighted by Gasteiger charge is -2.17. The first-order valence-electron chi connectivity index (χ1n) is 8.81. The highest BCUT2D eigenvalue weighted by Crippen LogP contribution is 2.34. The van der Waals surface area contributed by atoms with Crippen molar-refractivity contribution in [3.8, 4) is 11.3 Å². The lowest BCUT2D eigenvalue weighted by molar-refractivity contribution is -0.118. The van der Waals surface area contributed by atoms with E-state index in [0.717, 1.165) is 42.8 Å². The van der Waals surface area contributed by atoms with Crippen LogP contribution in [0.4, 0.5) is 10.8 Å². The summed E-state index contributed by atoms with van der Waals surface area (Å²) in [5.74, 6) is 0.179. The number of rotatable bonds is 6. The van der Waals surface area contributed by atoms with E-state index in [1.807, 2.05) is 36.3 Å². The zero-order valence-electron chi connectivity index (χ0n) is 14.7. The van der Waals surface area contributed by atoms with Crippen LogP contribution in [-0.2, 0) is 16.0 Å². The van der Waals surface area contributed by atoms with Gasteiger partial charge < -0.3 is 10.2 Å². The molecule has 1 aromatic heterocycles. The molecule has 2 amide bonds. The van der Waals surface area contributed by atoms with Crippen molar-refractivity contribution < 1.29 is 9.59 Å². The van der Waals surface area contributed by atoms with Crippen molar-refractivity contribution in [2.24, 2.45) is 0 Å². The summed E-state index contributed by atoms with van der Waals surface area (Å²) < 4.78 is 0. The van der Waals surface area contributed by atoms with Crippen LogP contribution < -0.4 is 10.2 Å². The molecule has 25 heavy (non-hydrogen) atoms. The van der Waals surface area contributed by atoms with Gasteiger partial charge in [-0.1, -0.05) is 26.0 Å². The first-order valence-corrected chi connectivity index (χ1v) is 9.69. The third-order valence-electron chi connectivity index (χ3n) is 4.27. The molecule has 3 rings (SSSR count). The number of carbonyl (C=O) groups is 2. The Hall–Kier alpha value is -2.21. The molecule has 0 spiro atoms. The lowest BCUT2D eigenvalue weighted by Crippen LogP contribution is -2.28. The molecule has 0 atom stereocenters. The van der Waals surface area contributed by atoms with Gasteiger partial charge in [-0.2, -0.15) is 0 Å². The Labute approximate surface area is 152 Å². The predicted molar refractivity (Wildman–Crippen MR) is 102 cm³/mol. The molecule has 1 aliphatic heterocycles. The van der Waals surface area contributed by atoms with Crippen molar-refractivity contribution in [1.29, 1.82) is 0 Å². The Morgan fingerprint density at radius 3 is 2.80 bits per heavy atom. The molecule has 2 aromatic rings. The summed E-state index contributed by atoms with van der Waals surface area (Å²) in [7, 11) is 0. The van der Waals surface area contributed by atoms with Crippen LogP contribution >= 0.6 is 11.3 Å². The number of hydrogen-bond acceptors (Lipinski definition) is 4. The number of fused-ring (bicyclic) bond motifs is 1. The Balaban J connectivity index is 1.81. The normalized spacial score (nSPS) is 13.0. The lowest BCUT2D eigenvalue weighted by atomic mass is 10.1. The molecule has 0 unspecified atom stereocenters. The maximum absolute atomic E-state index is 12.3. The number of anilines is 2. The van der Waals surface area contributed by atoms with Crippen LogP contribution in [0.5, 0.6) is 0 Å². The zero-order valence-corrected chi connectivity index (χ0v) is 15.5. The van der Waals surface area contributed by atoms with Crippen molar-refractivity contribution in [2.75, 3.05) is 16.8 Å². The maximum Gasteiger partial charge on any atom is 0.226 e. The van der Waals surface area contributed by atoms with E-state index in [1.54, 1.807) is 0 Å². The highest BCUT2D eigenvalue weighted by atomic mass is 32.1. The highest BCUT2D eigenvalue weighted by Gasteiger charge is 2.24. The Morgan fingerprint density at radius 1 is 1.24 bits per heavy atom. The molecule has 5 nitrogen and oxygen atoms in total. The summed E-state index contributed by atoms with van der Waals surface area (Å²) in [6.07, 6.45) is 3.66. The largest absolute Gasteiger partial charge is 0.312 e. The predicted octanol–water partition coefficient (Wildman–Crippen LogP) is 4.24. The molecule has 0 radical (unpaired) electrons. The minimum absolute atomic E-state index is 0.00584. The van der Waals surface area contributed by atoms with Crippen LogP contribution in [0.2, 0.25) is 0 Å². The second kappa shape index (κ2) is 7.78. The monoisotopic (exact) mass is 357 g/mol. The molecular formula is C19H23N3O2S. The maximum atomic E-state index is 12.3. The molecule has 2 heterocycles. The van der Waals surface area contributed by atoms with Crippen molar-refractivity contribution in [3.05, 3.63) is 29.1 Å². The first-order chi connectivity index (χ1) is 12.1. The van der Waals surface area contributed by atoms with Crippen LogP contribution in [0.25, 0.3) is 11.3 Å². The smallest absolute Gasteiger partial charge is 0.226 e. The number of benzene rings is 1. The summed E-state index contributed by atoms with van der Waals surface area (Å²) in [5, 5.41) is 5.39. The van der Waals surface area contributed by atoms with E-state index in [0.29, 0.717) is 18.0 Å². The van der Waals surface area contributed by atoms with Gasteiger partial charge in [0, 0.05) is 36.0 Å². The van der Waals surface area contributed by atoms with Gasteiger partial charge in [-0.15, -0.1) is 11.3 Å². The Kier molecular flexibility index (Phi) is 5.48. The molecule has 1 aromatic carbocycles. The van der Waals surface area contributed by atoms with Gasteiger partial charge in [-0.25, -0.2) is 4.98 Å². The summed E-state index contributed by atoms with van der Waals surface area (Å²) in [6, 6.07) is 6.17. The standard InChI is InChI=1S/C19H23N3O2S/c1-3-5-17(23)21-19-20-15(12-25-19)14-8-7-13-9-10-22(16(13)11-14)18(24)6-4-2/h7-8,11-12H,3-6,9-10H2,1-2H3,(H,20,21,23). The number of hydrogen-bond donors (Lipinski definition) is 1. The van der Waals surface area contributed by atoms with Crippen LogP contribution in [0.1, 0.15) is 45.1 Å². The van der Waals surface area contributed by atoms with E-state index in [4.69, 9.17) is 0 Å². The van der Waals surface area contributed by atoms with Crippen LogP contribution in [-0.4, -0.2) is 23.3 Å². The molecule has 0 bridgehead atoms. The fourth-order valence-corrected chi connectivity index (χ4v) is 3.75. The number of carbonyl (C=O) groups excluding carboxylic acids is 2. The van der Waals surface area contributed by atoms with E-state index in [1.165, 1.54) is 16.9 Å². The van der Waals surface area contributed by atoms with E-state index in [-0.39, 0.29) is 11.8 Å². The van der Waals surface area contributed by atoms with Crippen molar-refractivity contribution in [2.45, 2.75) is 46.0 Å². The molecule has 132 valence electrons. The highest BCUT2D eigenvalue weighted by molar-refractivity contribution is 7.14. The van der Waals surface area contributed by atoms with Crippen molar-refractivity contribution in [3.63, 3.8) is 0 Å². The molecule has 1 N–H and O–H groups in total. The van der Waals surface area contributed by atoms with Gasteiger partial charge in [0.15, 0.2) is 5.13 Å². The molecular weight excluding hydrogens is 334 g/mol. The fourth-order valence-electron chi connectivity index (χ4n) is 3.02. The van der Waals surface area contributed by atoms with E-state index in [2.05, 4.69) is 16.4 Å². The SMILES string of the molecule is CCCC(=O)Nc1nc(-c2ccc3c(c2)N(C(=O)CCC)CC3)cs1. The summed E-state index contributed by atoms with van der Waals surface area (Å²) >= 11 is 1.42. The Bertz CT molecular complexity index is 785. The number of amides is 2. The first kappa shape index (κ1) is 17.6. The molecule has 0 saturated carbocycles. The van der Waals surface area contributed by atoms with E-state index in [9.17, 15) is 9.59 Å². The average Bonchev–Trinajstić information content (AvgIpc) is 3.21. The fraction of sp³-hybridized carbons (Fsp3) is 0.421. The topological polar surface area (TPSA) is 62.3 Å². The number of nitrogens with zero attached hydrogens (tertiary/aromatic N) is 2. The van der Waals surface area contributed by atoms with Gasteiger partial charge in [0.05, 0.1) is 5.69 Å². The quantitative estimate of drug-likeness (QED) is 0.841. The Morgan fingerprint density at radius 2 is 2.04 bits per heavy atom. The molecule has 0 fully saturated rings. The van der Waals surface area contributed by atoms with Gasteiger partial charge in [0.25, 0.3) is 0 Å². The van der Waals surface area contributed by atoms with Crippen LogP contribution in [0.3, 0.4) is 0 Å². The molecule has 0 aliphatic carbocycles. The van der Waals surface area contributed by atoms with Gasteiger partial charge in [-0.05, 0) is 30.9 Å².